The lowest BCUT2D eigenvalue weighted by molar-refractivity contribution is 0.112. The van der Waals surface area contributed by atoms with Crippen LogP contribution in [0.4, 0.5) is 0 Å². The molecule has 3 nitrogen and oxygen atoms in total. The number of halogens is 1. The molecule has 2 aromatic rings. The van der Waals surface area contributed by atoms with Crippen LogP contribution in [0.25, 0.3) is 11.3 Å². The Bertz CT molecular complexity index is 599. The largest absolute Gasteiger partial charge is 0.374 e. The van der Waals surface area contributed by atoms with Gasteiger partial charge in [-0.05, 0) is 26.3 Å². The van der Waals surface area contributed by atoms with Crippen LogP contribution in [0, 0.1) is 13.8 Å². The molecule has 0 bridgehead atoms. The smallest absolute Gasteiger partial charge is 0.159 e. The standard InChI is InChI=1S/C15H17ClN2O/c1-9-5-6-12(10(2)7-9)13-8-14(16)18-15(17-13)11(3)19-4/h5-8,11H,1-4H3. The lowest BCUT2D eigenvalue weighted by Gasteiger charge is -2.12. The molecule has 100 valence electrons. The van der Waals surface area contributed by atoms with E-state index < -0.39 is 0 Å². The first-order valence-corrected chi connectivity index (χ1v) is 6.54. The van der Waals surface area contributed by atoms with Crippen molar-refractivity contribution in [1.82, 2.24) is 9.97 Å². The van der Waals surface area contributed by atoms with E-state index >= 15 is 0 Å². The van der Waals surface area contributed by atoms with Crippen molar-refractivity contribution in [3.63, 3.8) is 0 Å². The number of hydrogen-bond acceptors (Lipinski definition) is 3. The van der Waals surface area contributed by atoms with E-state index in [4.69, 9.17) is 16.3 Å². The summed E-state index contributed by atoms with van der Waals surface area (Å²) in [7, 11) is 1.63. The highest BCUT2D eigenvalue weighted by molar-refractivity contribution is 6.29. The summed E-state index contributed by atoms with van der Waals surface area (Å²) in [5.41, 5.74) is 4.30. The predicted octanol–water partition coefficient (Wildman–Crippen LogP) is 4.12. The lowest BCUT2D eigenvalue weighted by Crippen LogP contribution is -2.04. The van der Waals surface area contributed by atoms with Gasteiger partial charge < -0.3 is 4.74 Å². The van der Waals surface area contributed by atoms with E-state index in [2.05, 4.69) is 42.0 Å². The maximum atomic E-state index is 6.08. The zero-order valence-corrected chi connectivity index (χ0v) is 12.3. The first-order chi connectivity index (χ1) is 9.01. The average molecular weight is 277 g/mol. The van der Waals surface area contributed by atoms with Crippen molar-refractivity contribution in [2.75, 3.05) is 7.11 Å². The van der Waals surface area contributed by atoms with Crippen LogP contribution in [0.3, 0.4) is 0 Å². The van der Waals surface area contributed by atoms with Crippen molar-refractivity contribution in [3.8, 4) is 11.3 Å². The molecule has 0 saturated carbocycles. The second kappa shape index (κ2) is 5.68. The zero-order valence-electron chi connectivity index (χ0n) is 11.6. The van der Waals surface area contributed by atoms with E-state index in [1.165, 1.54) is 11.1 Å². The molecule has 1 unspecified atom stereocenters. The van der Waals surface area contributed by atoms with Crippen LogP contribution in [0.2, 0.25) is 5.15 Å². The topological polar surface area (TPSA) is 35.0 Å². The maximum Gasteiger partial charge on any atom is 0.159 e. The van der Waals surface area contributed by atoms with Crippen molar-refractivity contribution < 1.29 is 4.74 Å². The van der Waals surface area contributed by atoms with Crippen LogP contribution in [-0.2, 0) is 4.74 Å². The number of rotatable bonds is 3. The molecule has 4 heteroatoms. The van der Waals surface area contributed by atoms with Crippen LogP contribution < -0.4 is 0 Å². The van der Waals surface area contributed by atoms with Crippen molar-refractivity contribution >= 4 is 11.6 Å². The fourth-order valence-electron chi connectivity index (χ4n) is 1.96. The second-order valence-electron chi connectivity index (χ2n) is 4.63. The number of aromatic nitrogens is 2. The number of ether oxygens (including phenoxy) is 1. The van der Waals surface area contributed by atoms with Gasteiger partial charge >= 0.3 is 0 Å². The fourth-order valence-corrected chi connectivity index (χ4v) is 2.15. The third-order valence-electron chi connectivity index (χ3n) is 3.09. The maximum absolute atomic E-state index is 6.08. The highest BCUT2D eigenvalue weighted by Gasteiger charge is 2.12. The van der Waals surface area contributed by atoms with Gasteiger partial charge in [0.15, 0.2) is 5.82 Å². The zero-order chi connectivity index (χ0) is 14.0. The van der Waals surface area contributed by atoms with Gasteiger partial charge in [-0.3, -0.25) is 0 Å². The summed E-state index contributed by atoms with van der Waals surface area (Å²) in [6, 6.07) is 8.04. The third kappa shape index (κ3) is 3.11. The Morgan fingerprint density at radius 1 is 1.16 bits per heavy atom. The average Bonchev–Trinajstić information content (AvgIpc) is 2.37. The molecule has 0 radical (unpaired) electrons. The predicted molar refractivity (Wildman–Crippen MR) is 77.4 cm³/mol. The molecule has 1 atom stereocenters. The van der Waals surface area contributed by atoms with E-state index in [0.717, 1.165) is 11.3 Å². The first-order valence-electron chi connectivity index (χ1n) is 6.16. The molecular weight excluding hydrogens is 260 g/mol. The van der Waals surface area contributed by atoms with Crippen LogP contribution in [0.5, 0.6) is 0 Å². The highest BCUT2D eigenvalue weighted by Crippen LogP contribution is 2.26. The molecule has 2 rings (SSSR count). The number of benzene rings is 1. The molecule has 0 fully saturated rings. The first kappa shape index (κ1) is 14.0. The molecule has 0 aliphatic heterocycles. The highest BCUT2D eigenvalue weighted by atomic mass is 35.5. The lowest BCUT2D eigenvalue weighted by atomic mass is 10.0. The van der Waals surface area contributed by atoms with Gasteiger partial charge in [0, 0.05) is 18.7 Å². The normalized spacial score (nSPS) is 12.5. The van der Waals surface area contributed by atoms with Gasteiger partial charge in [0.25, 0.3) is 0 Å². The Hall–Kier alpha value is -1.45. The molecule has 0 aliphatic rings. The molecule has 0 amide bonds. The summed E-state index contributed by atoms with van der Waals surface area (Å²) >= 11 is 6.08. The number of nitrogens with zero attached hydrogens (tertiary/aromatic N) is 2. The van der Waals surface area contributed by atoms with Gasteiger partial charge in [-0.15, -0.1) is 0 Å². The van der Waals surface area contributed by atoms with Crippen molar-refractivity contribution in [2.45, 2.75) is 26.9 Å². The van der Waals surface area contributed by atoms with Crippen molar-refractivity contribution in [2.24, 2.45) is 0 Å². The van der Waals surface area contributed by atoms with Crippen molar-refractivity contribution in [3.05, 3.63) is 46.4 Å². The minimum Gasteiger partial charge on any atom is -0.374 e. The minimum absolute atomic E-state index is 0.178. The molecular formula is C15H17ClN2O. The minimum atomic E-state index is -0.178. The van der Waals surface area contributed by atoms with Gasteiger partial charge in [0.2, 0.25) is 0 Å². The summed E-state index contributed by atoms with van der Waals surface area (Å²) in [5.74, 6) is 0.602. The molecule has 1 aromatic heterocycles. The van der Waals surface area contributed by atoms with E-state index in [0.29, 0.717) is 11.0 Å². The fraction of sp³-hybridized carbons (Fsp3) is 0.333. The number of methoxy groups -OCH3 is 1. The molecule has 1 aromatic carbocycles. The Morgan fingerprint density at radius 2 is 1.89 bits per heavy atom. The SMILES string of the molecule is COC(C)c1nc(Cl)cc(-c2ccc(C)cc2C)n1. The summed E-state index contributed by atoms with van der Waals surface area (Å²) in [4.78, 5) is 8.75. The molecule has 0 aliphatic carbocycles. The summed E-state index contributed by atoms with van der Waals surface area (Å²) in [6.45, 7) is 6.04. The summed E-state index contributed by atoms with van der Waals surface area (Å²) < 4.78 is 5.25. The quantitative estimate of drug-likeness (QED) is 0.791. The van der Waals surface area contributed by atoms with E-state index in [9.17, 15) is 0 Å². The van der Waals surface area contributed by atoms with Crippen LogP contribution in [0.1, 0.15) is 30.0 Å². The molecule has 19 heavy (non-hydrogen) atoms. The number of aryl methyl sites for hydroxylation is 2. The molecule has 1 heterocycles. The van der Waals surface area contributed by atoms with Gasteiger partial charge in [-0.1, -0.05) is 35.4 Å². The number of hydrogen-bond donors (Lipinski definition) is 0. The Kier molecular flexibility index (Phi) is 4.17. The van der Waals surface area contributed by atoms with Gasteiger partial charge in [0.05, 0.1) is 5.69 Å². The Morgan fingerprint density at radius 3 is 2.53 bits per heavy atom. The van der Waals surface area contributed by atoms with E-state index in [1.807, 2.05) is 6.92 Å². The second-order valence-corrected chi connectivity index (χ2v) is 5.02. The monoisotopic (exact) mass is 276 g/mol. The van der Waals surface area contributed by atoms with Crippen molar-refractivity contribution in [1.29, 1.82) is 0 Å². The van der Waals surface area contributed by atoms with Gasteiger partial charge in [-0.2, -0.15) is 0 Å². The molecule has 0 N–H and O–H groups in total. The van der Waals surface area contributed by atoms with Gasteiger partial charge in [0.1, 0.15) is 11.3 Å². The third-order valence-corrected chi connectivity index (χ3v) is 3.28. The van der Waals surface area contributed by atoms with Gasteiger partial charge in [-0.25, -0.2) is 9.97 Å². The molecule has 0 spiro atoms. The Labute approximate surface area is 118 Å². The summed E-state index contributed by atoms with van der Waals surface area (Å²) in [6.07, 6.45) is -0.178. The van der Waals surface area contributed by atoms with Crippen LogP contribution in [-0.4, -0.2) is 17.1 Å². The van der Waals surface area contributed by atoms with E-state index in [1.54, 1.807) is 13.2 Å². The van der Waals surface area contributed by atoms with Crippen LogP contribution in [0.15, 0.2) is 24.3 Å². The molecule has 0 saturated heterocycles. The van der Waals surface area contributed by atoms with E-state index in [-0.39, 0.29) is 6.10 Å². The summed E-state index contributed by atoms with van der Waals surface area (Å²) in [5, 5.41) is 0.434. The Balaban J connectivity index is 2.53. The van der Waals surface area contributed by atoms with Crippen LogP contribution >= 0.6 is 11.6 Å².